The Hall–Kier alpha value is -2.73. The number of hydrogen-bond donors (Lipinski definition) is 2. The largest absolute Gasteiger partial charge is 0.332 e. The van der Waals surface area contributed by atoms with Crippen LogP contribution in [0.4, 0.5) is 11.4 Å². The summed E-state index contributed by atoms with van der Waals surface area (Å²) in [5, 5.41) is 6.07. The number of amides is 2. The second-order valence-corrected chi connectivity index (χ2v) is 7.62. The summed E-state index contributed by atoms with van der Waals surface area (Å²) in [5.41, 5.74) is 1.93. The summed E-state index contributed by atoms with van der Waals surface area (Å²) in [5.74, 6) is -0.136. The second kappa shape index (κ2) is 10.2. The summed E-state index contributed by atoms with van der Waals surface area (Å²) in [6.07, 6.45) is 5.18. The predicted molar refractivity (Wildman–Crippen MR) is 121 cm³/mol. The predicted octanol–water partition coefficient (Wildman–Crippen LogP) is 4.75. The van der Waals surface area contributed by atoms with Gasteiger partial charge < -0.3 is 15.5 Å². The van der Waals surface area contributed by atoms with Gasteiger partial charge in [-0.15, -0.1) is 0 Å². The molecule has 0 unspecified atom stereocenters. The number of thiocarbonyl (C=S) groups is 1. The summed E-state index contributed by atoms with van der Waals surface area (Å²) in [6, 6.07) is 16.8. The van der Waals surface area contributed by atoms with Crippen LogP contribution in [0.3, 0.4) is 0 Å². The van der Waals surface area contributed by atoms with Crippen LogP contribution >= 0.6 is 12.2 Å². The summed E-state index contributed by atoms with van der Waals surface area (Å²) < 4.78 is 0. The van der Waals surface area contributed by atoms with Crippen LogP contribution in [-0.4, -0.2) is 23.5 Å². The third-order valence-electron chi connectivity index (χ3n) is 5.25. The highest BCUT2D eigenvalue weighted by atomic mass is 32.1. The Morgan fingerprint density at radius 2 is 1.66 bits per heavy atom. The molecule has 1 aliphatic carbocycles. The van der Waals surface area contributed by atoms with Crippen molar-refractivity contribution in [1.82, 2.24) is 5.32 Å². The van der Waals surface area contributed by atoms with Gasteiger partial charge in [0.25, 0.3) is 5.91 Å². The van der Waals surface area contributed by atoms with Crippen molar-refractivity contribution in [2.75, 3.05) is 16.8 Å². The van der Waals surface area contributed by atoms with Gasteiger partial charge in [0.15, 0.2) is 5.11 Å². The Kier molecular flexibility index (Phi) is 7.36. The van der Waals surface area contributed by atoms with E-state index in [4.69, 9.17) is 12.2 Å². The molecule has 1 fully saturated rings. The lowest BCUT2D eigenvalue weighted by Gasteiger charge is -2.23. The summed E-state index contributed by atoms with van der Waals surface area (Å²) in [6.45, 7) is 2.48. The third kappa shape index (κ3) is 5.41. The first kappa shape index (κ1) is 21.0. The Balaban J connectivity index is 1.72. The first-order chi connectivity index (χ1) is 14.1. The van der Waals surface area contributed by atoms with Crippen LogP contribution < -0.4 is 15.5 Å². The van der Waals surface area contributed by atoms with Crippen molar-refractivity contribution >= 4 is 40.5 Å². The van der Waals surface area contributed by atoms with Gasteiger partial charge in [-0.25, -0.2) is 0 Å². The Bertz CT molecular complexity index is 863. The molecule has 0 bridgehead atoms. The molecule has 1 aliphatic rings. The van der Waals surface area contributed by atoms with Crippen LogP contribution in [-0.2, 0) is 4.79 Å². The van der Waals surface area contributed by atoms with E-state index in [0.29, 0.717) is 17.8 Å². The van der Waals surface area contributed by atoms with E-state index >= 15 is 0 Å². The molecule has 2 aromatic rings. The minimum atomic E-state index is -0.122. The summed E-state index contributed by atoms with van der Waals surface area (Å²) >= 11 is 5.35. The van der Waals surface area contributed by atoms with Crippen LogP contribution in [0.15, 0.2) is 54.6 Å². The van der Waals surface area contributed by atoms with Gasteiger partial charge in [0.1, 0.15) is 0 Å². The van der Waals surface area contributed by atoms with Gasteiger partial charge in [-0.2, -0.15) is 0 Å². The molecule has 2 aromatic carbocycles. The van der Waals surface area contributed by atoms with E-state index in [9.17, 15) is 9.59 Å². The topological polar surface area (TPSA) is 61.4 Å². The van der Waals surface area contributed by atoms with Gasteiger partial charge >= 0.3 is 0 Å². The van der Waals surface area contributed by atoms with Crippen LogP contribution in [0, 0.1) is 5.92 Å². The van der Waals surface area contributed by atoms with Crippen molar-refractivity contribution in [3.05, 3.63) is 60.2 Å². The molecule has 0 saturated heterocycles. The number of carbonyl (C=O) groups is 2. The molecule has 6 heteroatoms. The zero-order valence-electron chi connectivity index (χ0n) is 16.7. The molecule has 2 N–H and O–H groups in total. The molecule has 5 nitrogen and oxygen atoms in total. The van der Waals surface area contributed by atoms with Gasteiger partial charge in [-0.3, -0.25) is 9.59 Å². The molecule has 0 heterocycles. The Morgan fingerprint density at radius 1 is 1.00 bits per heavy atom. The summed E-state index contributed by atoms with van der Waals surface area (Å²) in [4.78, 5) is 27.4. The number of nitrogens with zero attached hydrogens (tertiary/aromatic N) is 1. The molecular weight excluding hydrogens is 382 g/mol. The molecule has 3 rings (SSSR count). The van der Waals surface area contributed by atoms with Crippen molar-refractivity contribution in [2.24, 2.45) is 5.92 Å². The normalized spacial score (nSPS) is 14.1. The Labute approximate surface area is 177 Å². The van der Waals surface area contributed by atoms with E-state index in [1.165, 1.54) is 6.42 Å². The number of para-hydroxylation sites is 2. The molecule has 152 valence electrons. The smallest absolute Gasteiger partial charge is 0.260 e. The maximum Gasteiger partial charge on any atom is 0.260 e. The number of anilines is 2. The van der Waals surface area contributed by atoms with Gasteiger partial charge in [0, 0.05) is 18.2 Å². The van der Waals surface area contributed by atoms with Crippen molar-refractivity contribution in [3.63, 3.8) is 0 Å². The molecule has 29 heavy (non-hydrogen) atoms. The monoisotopic (exact) mass is 409 g/mol. The SMILES string of the molecule is CCN(C(=O)c1ccccc1NC(=S)NC(=O)C1CCCCC1)c1ccccc1. The standard InChI is InChI=1S/C23H27N3O2S/c1-2-26(18-13-7-4-8-14-18)22(28)19-15-9-10-16-20(19)24-23(29)25-21(27)17-11-5-3-6-12-17/h4,7-10,13-17H,2-3,5-6,11-12H2,1H3,(H2,24,25,27,29). The van der Waals surface area contributed by atoms with Crippen LogP contribution in [0.25, 0.3) is 0 Å². The first-order valence-electron chi connectivity index (χ1n) is 10.2. The average molecular weight is 410 g/mol. The third-order valence-corrected chi connectivity index (χ3v) is 5.45. The van der Waals surface area contributed by atoms with Gasteiger partial charge in [-0.05, 0) is 56.2 Å². The first-order valence-corrected chi connectivity index (χ1v) is 10.6. The lowest BCUT2D eigenvalue weighted by atomic mass is 9.89. The second-order valence-electron chi connectivity index (χ2n) is 7.21. The molecular formula is C23H27N3O2S. The van der Waals surface area contributed by atoms with E-state index in [1.54, 1.807) is 17.0 Å². The lowest BCUT2D eigenvalue weighted by Crippen LogP contribution is -2.39. The maximum absolute atomic E-state index is 13.2. The molecule has 2 amide bonds. The van der Waals surface area contributed by atoms with Gasteiger partial charge in [0.05, 0.1) is 11.3 Å². The zero-order valence-corrected chi connectivity index (χ0v) is 17.5. The van der Waals surface area contributed by atoms with Gasteiger partial charge in [-0.1, -0.05) is 49.6 Å². The molecule has 0 atom stereocenters. The van der Waals surface area contributed by atoms with E-state index in [2.05, 4.69) is 10.6 Å². The molecule has 1 saturated carbocycles. The van der Waals surface area contributed by atoms with Crippen molar-refractivity contribution < 1.29 is 9.59 Å². The number of hydrogen-bond acceptors (Lipinski definition) is 3. The summed E-state index contributed by atoms with van der Waals surface area (Å²) in [7, 11) is 0. The van der Waals surface area contributed by atoms with Crippen molar-refractivity contribution in [3.8, 4) is 0 Å². The number of nitrogens with one attached hydrogen (secondary N) is 2. The zero-order chi connectivity index (χ0) is 20.6. The number of benzene rings is 2. The minimum absolute atomic E-state index is 0.0223. The van der Waals surface area contributed by atoms with E-state index in [-0.39, 0.29) is 22.8 Å². The highest BCUT2D eigenvalue weighted by Gasteiger charge is 2.23. The van der Waals surface area contributed by atoms with E-state index in [0.717, 1.165) is 31.4 Å². The molecule has 0 radical (unpaired) electrons. The van der Waals surface area contributed by atoms with Gasteiger partial charge in [0.2, 0.25) is 5.91 Å². The number of carbonyl (C=O) groups excluding carboxylic acids is 2. The van der Waals surface area contributed by atoms with E-state index in [1.807, 2.05) is 49.4 Å². The lowest BCUT2D eigenvalue weighted by molar-refractivity contribution is -0.124. The Morgan fingerprint density at radius 3 is 2.34 bits per heavy atom. The quantitative estimate of drug-likeness (QED) is 0.700. The van der Waals surface area contributed by atoms with Crippen LogP contribution in [0.1, 0.15) is 49.4 Å². The average Bonchev–Trinajstić information content (AvgIpc) is 2.76. The molecule has 0 aliphatic heterocycles. The fraction of sp³-hybridized carbons (Fsp3) is 0.348. The maximum atomic E-state index is 13.2. The molecule has 0 aromatic heterocycles. The highest BCUT2D eigenvalue weighted by molar-refractivity contribution is 7.80. The fourth-order valence-electron chi connectivity index (χ4n) is 3.71. The van der Waals surface area contributed by atoms with Crippen molar-refractivity contribution in [1.29, 1.82) is 0 Å². The van der Waals surface area contributed by atoms with Crippen LogP contribution in [0.5, 0.6) is 0 Å². The van der Waals surface area contributed by atoms with Crippen LogP contribution in [0.2, 0.25) is 0 Å². The number of rotatable bonds is 5. The minimum Gasteiger partial charge on any atom is -0.332 e. The van der Waals surface area contributed by atoms with E-state index < -0.39 is 0 Å². The highest BCUT2D eigenvalue weighted by Crippen LogP contribution is 2.24. The molecule has 0 spiro atoms. The fourth-order valence-corrected chi connectivity index (χ4v) is 3.92. The van der Waals surface area contributed by atoms with Crippen molar-refractivity contribution in [2.45, 2.75) is 39.0 Å².